The molecule has 340 valence electrons. The maximum absolute atomic E-state index is 15.5. The second-order valence-corrected chi connectivity index (χ2v) is 23.2. The van der Waals surface area contributed by atoms with E-state index in [1.54, 1.807) is 0 Å². The van der Waals surface area contributed by atoms with Gasteiger partial charge in [-0.1, -0.05) is 145 Å². The topological polar surface area (TPSA) is 43.5 Å². The molecule has 4 heteroatoms. The summed E-state index contributed by atoms with van der Waals surface area (Å²) in [4.78, 5) is 30.9. The predicted octanol–water partition coefficient (Wildman–Crippen LogP) is 14.6. The first-order valence-corrected chi connectivity index (χ1v) is 25.7. The molecule has 0 amide bonds. The fourth-order valence-corrected chi connectivity index (χ4v) is 14.2. The number of nitrogens with zero attached hydrogens (tertiary/aromatic N) is 2. The second-order valence-electron chi connectivity index (χ2n) is 23.2. The summed E-state index contributed by atoms with van der Waals surface area (Å²) in [6.45, 7) is 13.4. The lowest BCUT2D eigenvalue weighted by atomic mass is 9.66. The molecular weight excluding hydrogens is 841 g/mol. The Hall–Kier alpha value is -6.78. The molecule has 0 saturated carbocycles. The minimum atomic E-state index is -0.438. The Morgan fingerprint density at radius 2 is 1.41 bits per heavy atom. The number of hydrogen-bond donors (Lipinski definition) is 0. The number of rotatable bonds is 2. The molecule has 69 heavy (non-hydrogen) atoms. The molecule has 14 rings (SSSR count). The summed E-state index contributed by atoms with van der Waals surface area (Å²) in [5.41, 5.74) is 22.7. The average molecular weight is 899 g/mol. The molecule has 8 aromatic rings. The normalized spacial score (nSPS) is 21.0. The van der Waals surface area contributed by atoms with Crippen LogP contribution in [-0.4, -0.2) is 8.97 Å². The van der Waals surface area contributed by atoms with Gasteiger partial charge in [0.1, 0.15) is 0 Å². The van der Waals surface area contributed by atoms with Gasteiger partial charge >= 0.3 is 0 Å². The van der Waals surface area contributed by atoms with Gasteiger partial charge in [-0.3, -0.25) is 9.59 Å². The van der Waals surface area contributed by atoms with Crippen LogP contribution >= 0.6 is 0 Å². The monoisotopic (exact) mass is 898 g/mol. The van der Waals surface area contributed by atoms with E-state index in [4.69, 9.17) is 0 Å². The SMILES string of the molecule is CC(C)(C)c1ccc2c(c1)c(=O)c1cc(-n3c4c(c5c3C(c3cccc6c3C3(C7=C(CCC=C7)c7ccccc73)c3ccccc3-6)CC=C5)CCCC4)cc3c(=O)c4c(n2c31)C=CC(C(C)(C)C)C4. The summed E-state index contributed by atoms with van der Waals surface area (Å²) in [6, 6.07) is 36.3. The van der Waals surface area contributed by atoms with Crippen LogP contribution in [0.25, 0.3) is 61.7 Å². The van der Waals surface area contributed by atoms with E-state index in [0.29, 0.717) is 22.6 Å². The van der Waals surface area contributed by atoms with Crippen molar-refractivity contribution >= 4 is 44.9 Å². The Labute approximate surface area is 404 Å². The highest BCUT2D eigenvalue weighted by molar-refractivity contribution is 6.05. The van der Waals surface area contributed by atoms with Gasteiger partial charge in [0.2, 0.25) is 0 Å². The second kappa shape index (κ2) is 14.2. The highest BCUT2D eigenvalue weighted by atomic mass is 16.1. The quantitative estimate of drug-likeness (QED) is 0.128. The zero-order chi connectivity index (χ0) is 46.9. The van der Waals surface area contributed by atoms with Crippen LogP contribution in [0.4, 0.5) is 0 Å². The molecular formula is C65H58N2O2. The van der Waals surface area contributed by atoms with Crippen LogP contribution < -0.4 is 10.9 Å². The molecule has 3 aromatic heterocycles. The van der Waals surface area contributed by atoms with Crippen LogP contribution in [0.2, 0.25) is 0 Å². The molecule has 0 N–H and O–H groups in total. The molecule has 0 radical (unpaired) electrons. The molecule has 0 aliphatic heterocycles. The van der Waals surface area contributed by atoms with Crippen molar-refractivity contribution in [3.63, 3.8) is 0 Å². The molecule has 6 aliphatic rings. The zero-order valence-corrected chi connectivity index (χ0v) is 40.7. The van der Waals surface area contributed by atoms with Gasteiger partial charge < -0.3 is 8.97 Å². The predicted molar refractivity (Wildman–Crippen MR) is 285 cm³/mol. The van der Waals surface area contributed by atoms with E-state index in [1.165, 1.54) is 72.6 Å². The van der Waals surface area contributed by atoms with Crippen molar-refractivity contribution in [1.29, 1.82) is 0 Å². The molecule has 6 aliphatic carbocycles. The Morgan fingerprint density at radius 3 is 2.20 bits per heavy atom. The summed E-state index contributed by atoms with van der Waals surface area (Å²) in [6.07, 6.45) is 22.0. The first-order valence-electron chi connectivity index (χ1n) is 25.7. The third kappa shape index (κ3) is 5.41. The maximum atomic E-state index is 15.5. The van der Waals surface area contributed by atoms with E-state index in [-0.39, 0.29) is 33.5 Å². The fraction of sp³-hybridized carbons (Fsp3) is 0.292. The third-order valence-electron chi connectivity index (χ3n) is 17.5. The van der Waals surface area contributed by atoms with Gasteiger partial charge in [0.25, 0.3) is 0 Å². The first-order chi connectivity index (χ1) is 33.4. The van der Waals surface area contributed by atoms with Crippen LogP contribution in [-0.2, 0) is 30.1 Å². The number of fused-ring (bicyclic) bond motifs is 16. The van der Waals surface area contributed by atoms with Crippen molar-refractivity contribution in [2.75, 3.05) is 0 Å². The van der Waals surface area contributed by atoms with Crippen molar-refractivity contribution in [3.05, 3.63) is 215 Å². The van der Waals surface area contributed by atoms with Crippen molar-refractivity contribution in [2.24, 2.45) is 11.3 Å². The van der Waals surface area contributed by atoms with Crippen molar-refractivity contribution in [3.8, 4) is 16.8 Å². The minimum Gasteiger partial charge on any atom is -0.316 e. The number of allylic oxidation sites excluding steroid dienone is 6. The Morgan fingerprint density at radius 1 is 0.667 bits per heavy atom. The van der Waals surface area contributed by atoms with E-state index in [1.807, 2.05) is 0 Å². The van der Waals surface area contributed by atoms with Gasteiger partial charge in [-0.05, 0) is 165 Å². The molecule has 0 fully saturated rings. The molecule has 4 nitrogen and oxygen atoms in total. The van der Waals surface area contributed by atoms with Gasteiger partial charge in [-0.15, -0.1) is 0 Å². The van der Waals surface area contributed by atoms with Gasteiger partial charge in [0.15, 0.2) is 10.9 Å². The van der Waals surface area contributed by atoms with E-state index in [9.17, 15) is 0 Å². The van der Waals surface area contributed by atoms with E-state index >= 15 is 9.59 Å². The average Bonchev–Trinajstić information content (AvgIpc) is 3.97. The molecule has 0 saturated heterocycles. The summed E-state index contributed by atoms with van der Waals surface area (Å²) in [5.74, 6) is 0.233. The molecule has 3 atom stereocenters. The third-order valence-corrected chi connectivity index (χ3v) is 17.5. The van der Waals surface area contributed by atoms with Crippen LogP contribution in [0.1, 0.15) is 147 Å². The Bertz CT molecular complexity index is 3870. The lowest BCUT2D eigenvalue weighted by Gasteiger charge is -2.36. The largest absolute Gasteiger partial charge is 0.316 e. The minimum absolute atomic E-state index is 0.00825. The summed E-state index contributed by atoms with van der Waals surface area (Å²) < 4.78 is 4.83. The Balaban J connectivity index is 1.08. The zero-order valence-electron chi connectivity index (χ0n) is 40.7. The van der Waals surface area contributed by atoms with Crippen LogP contribution in [0.5, 0.6) is 0 Å². The van der Waals surface area contributed by atoms with E-state index < -0.39 is 5.41 Å². The lowest BCUT2D eigenvalue weighted by Crippen LogP contribution is -2.29. The Kier molecular flexibility index (Phi) is 8.46. The van der Waals surface area contributed by atoms with Crippen LogP contribution in [0, 0.1) is 11.3 Å². The summed E-state index contributed by atoms with van der Waals surface area (Å²) in [5, 5.41) is 1.96. The standard InChI is InChI=1S/C65H58N2O2/c1-63(2,3)37-29-31-56-48(33-37)61(68)50-35-39(36-51-60(50)67(56)57-32-30-38(64(4,5)6)34-49(57)62(51)69)66-55-28-14-10-20-43(55)46-23-16-24-47(59(46)66)45-22-15-21-44-42-19-9-13-27-54(42)65(58(44)45)52-25-11-7-17-40(52)41-18-8-12-26-53(41)65/h7,9,11-13,15-17,19,21-23,25-27,29-33,35-36,38,47H,8,10,14,18,20,24,28,34H2,1-6H3. The molecule has 1 spiro atoms. The molecule has 0 bridgehead atoms. The van der Waals surface area contributed by atoms with Gasteiger partial charge in [-0.2, -0.15) is 0 Å². The molecule has 3 unspecified atom stereocenters. The van der Waals surface area contributed by atoms with Crippen LogP contribution in [0.3, 0.4) is 0 Å². The van der Waals surface area contributed by atoms with E-state index in [2.05, 4.69) is 184 Å². The van der Waals surface area contributed by atoms with E-state index in [0.717, 1.165) is 78.5 Å². The van der Waals surface area contributed by atoms with Crippen LogP contribution in [0.15, 0.2) is 137 Å². The highest BCUT2D eigenvalue weighted by Gasteiger charge is 2.54. The lowest BCUT2D eigenvalue weighted by molar-refractivity contribution is 0.290. The van der Waals surface area contributed by atoms with Gasteiger partial charge in [0.05, 0.1) is 22.1 Å². The van der Waals surface area contributed by atoms with Crippen molar-refractivity contribution in [1.82, 2.24) is 8.97 Å². The summed E-state index contributed by atoms with van der Waals surface area (Å²) >= 11 is 0. The highest BCUT2D eigenvalue weighted by Crippen LogP contribution is 2.65. The van der Waals surface area contributed by atoms with Gasteiger partial charge in [-0.25, -0.2) is 0 Å². The number of hydrogen-bond acceptors (Lipinski definition) is 2. The number of pyridine rings is 2. The molecule has 3 heterocycles. The fourth-order valence-electron chi connectivity index (χ4n) is 14.2. The maximum Gasteiger partial charge on any atom is 0.197 e. The number of benzene rings is 5. The number of aromatic nitrogens is 2. The van der Waals surface area contributed by atoms with Crippen molar-refractivity contribution < 1.29 is 0 Å². The van der Waals surface area contributed by atoms with Crippen molar-refractivity contribution in [2.45, 2.75) is 110 Å². The first kappa shape index (κ1) is 41.2. The van der Waals surface area contributed by atoms with Gasteiger partial charge in [0, 0.05) is 44.7 Å². The molecule has 5 aromatic carbocycles. The summed E-state index contributed by atoms with van der Waals surface area (Å²) in [7, 11) is 0. The smallest absolute Gasteiger partial charge is 0.197 e.